The Morgan fingerprint density at radius 1 is 1.23 bits per heavy atom. The molecule has 5 nitrogen and oxygen atoms in total. The topological polar surface area (TPSA) is 98.0 Å². The molecule has 0 bridgehead atoms. The minimum atomic E-state index is -4.64. The van der Waals surface area contributed by atoms with Crippen molar-refractivity contribution in [3.05, 3.63) is 29.8 Å². The van der Waals surface area contributed by atoms with Crippen LogP contribution in [0.5, 0.6) is 5.75 Å². The second-order valence-corrected chi connectivity index (χ2v) is 3.38. The first-order chi connectivity index (χ1) is 5.79. The van der Waals surface area contributed by atoms with Gasteiger partial charge in [-0.1, -0.05) is 12.1 Å². The molecule has 0 aromatic heterocycles. The van der Waals surface area contributed by atoms with Crippen molar-refractivity contribution in [2.75, 3.05) is 0 Å². The zero-order chi connectivity index (χ0) is 10.5. The molecule has 0 aliphatic heterocycles. The highest BCUT2D eigenvalue weighted by Gasteiger charge is 2.00. The van der Waals surface area contributed by atoms with Crippen molar-refractivity contribution in [1.82, 2.24) is 0 Å². The Bertz CT molecular complexity index is 280. The standard InChI is InChI=1S/C7H8O.H3O4P/c1-6-3-2-4-7(8)5-6;1-5(2,3)4/h2-5,8H,1H3;(H3,1,2,3,4). The molecule has 0 amide bonds. The molecule has 74 valence electrons. The molecule has 0 fully saturated rings. The molecule has 1 aromatic carbocycles. The molecule has 6 heteroatoms. The van der Waals surface area contributed by atoms with E-state index in [1.807, 2.05) is 19.1 Å². The summed E-state index contributed by atoms with van der Waals surface area (Å²) < 4.78 is 8.88. The van der Waals surface area contributed by atoms with Crippen molar-refractivity contribution in [1.29, 1.82) is 0 Å². The molecular weight excluding hydrogens is 195 g/mol. The molecule has 0 aliphatic rings. The van der Waals surface area contributed by atoms with Gasteiger partial charge in [0, 0.05) is 0 Å². The Kier molecular flexibility index (Phi) is 4.66. The van der Waals surface area contributed by atoms with Gasteiger partial charge in [-0.15, -0.1) is 0 Å². The second kappa shape index (κ2) is 4.99. The molecule has 0 atom stereocenters. The summed E-state index contributed by atoms with van der Waals surface area (Å²) in [5.41, 5.74) is 1.09. The summed E-state index contributed by atoms with van der Waals surface area (Å²) in [5.74, 6) is 0.338. The van der Waals surface area contributed by atoms with Gasteiger partial charge in [-0.05, 0) is 24.6 Å². The van der Waals surface area contributed by atoms with Crippen LogP contribution in [-0.4, -0.2) is 19.8 Å². The highest BCUT2D eigenvalue weighted by Crippen LogP contribution is 2.25. The molecule has 0 radical (unpaired) electrons. The second-order valence-electron chi connectivity index (χ2n) is 2.35. The molecule has 1 aromatic rings. The van der Waals surface area contributed by atoms with Gasteiger partial charge in [0.15, 0.2) is 0 Å². The lowest BCUT2D eigenvalue weighted by Gasteiger charge is -1.89. The number of aromatic hydroxyl groups is 1. The van der Waals surface area contributed by atoms with E-state index in [9.17, 15) is 0 Å². The van der Waals surface area contributed by atoms with E-state index in [2.05, 4.69) is 0 Å². The number of benzene rings is 1. The van der Waals surface area contributed by atoms with E-state index in [1.165, 1.54) is 0 Å². The van der Waals surface area contributed by atoms with Crippen molar-refractivity contribution in [3.63, 3.8) is 0 Å². The summed E-state index contributed by atoms with van der Waals surface area (Å²) in [4.78, 5) is 21.6. The Balaban J connectivity index is 0.000000252. The Hall–Kier alpha value is -0.870. The van der Waals surface area contributed by atoms with Crippen LogP contribution in [0.15, 0.2) is 24.3 Å². The molecular formula is C7H11O5P. The predicted octanol–water partition coefficient (Wildman–Crippen LogP) is 0.772. The smallest absolute Gasteiger partial charge is 0.466 e. The summed E-state index contributed by atoms with van der Waals surface area (Å²) in [6.45, 7) is 1.94. The Labute approximate surface area is 75.5 Å². The van der Waals surface area contributed by atoms with E-state index in [0.717, 1.165) is 5.56 Å². The van der Waals surface area contributed by atoms with Crippen LogP contribution >= 0.6 is 7.82 Å². The van der Waals surface area contributed by atoms with Crippen molar-refractivity contribution in [3.8, 4) is 5.75 Å². The van der Waals surface area contributed by atoms with E-state index in [4.69, 9.17) is 24.4 Å². The third kappa shape index (κ3) is 11.1. The van der Waals surface area contributed by atoms with Gasteiger partial charge in [-0.25, -0.2) is 4.57 Å². The maximum Gasteiger partial charge on any atom is 0.466 e. The van der Waals surface area contributed by atoms with Crippen molar-refractivity contribution < 1.29 is 24.4 Å². The Morgan fingerprint density at radius 2 is 1.69 bits per heavy atom. The van der Waals surface area contributed by atoms with Gasteiger partial charge in [0.05, 0.1) is 0 Å². The lowest BCUT2D eigenvalue weighted by atomic mass is 10.2. The minimum absolute atomic E-state index is 0.338. The normalized spacial score (nSPS) is 10.2. The zero-order valence-corrected chi connectivity index (χ0v) is 7.85. The fraction of sp³-hybridized carbons (Fsp3) is 0.143. The fourth-order valence-electron chi connectivity index (χ4n) is 0.628. The van der Waals surface area contributed by atoms with Gasteiger partial charge < -0.3 is 19.8 Å². The third-order valence-electron chi connectivity index (χ3n) is 1.00. The summed E-state index contributed by atoms with van der Waals surface area (Å²) in [5, 5.41) is 8.81. The largest absolute Gasteiger partial charge is 0.508 e. The summed E-state index contributed by atoms with van der Waals surface area (Å²) >= 11 is 0. The molecule has 0 saturated heterocycles. The van der Waals surface area contributed by atoms with E-state index in [-0.39, 0.29) is 0 Å². The highest BCUT2D eigenvalue weighted by atomic mass is 31.2. The van der Waals surface area contributed by atoms with Crippen molar-refractivity contribution in [2.45, 2.75) is 6.92 Å². The first kappa shape index (κ1) is 12.1. The molecule has 13 heavy (non-hydrogen) atoms. The van der Waals surface area contributed by atoms with E-state index >= 15 is 0 Å². The van der Waals surface area contributed by atoms with E-state index < -0.39 is 7.82 Å². The number of phenolic OH excluding ortho intramolecular Hbond substituents is 1. The van der Waals surface area contributed by atoms with Crippen LogP contribution < -0.4 is 0 Å². The number of phosphoric acid groups is 1. The van der Waals surface area contributed by atoms with Gasteiger partial charge in [-0.2, -0.15) is 0 Å². The van der Waals surface area contributed by atoms with Crippen LogP contribution in [0, 0.1) is 6.92 Å². The van der Waals surface area contributed by atoms with E-state index in [0.29, 0.717) is 5.75 Å². The van der Waals surface area contributed by atoms with Gasteiger partial charge in [0.2, 0.25) is 0 Å². The van der Waals surface area contributed by atoms with Gasteiger partial charge in [0.25, 0.3) is 0 Å². The monoisotopic (exact) mass is 206 g/mol. The molecule has 0 aliphatic carbocycles. The van der Waals surface area contributed by atoms with Crippen LogP contribution in [0.3, 0.4) is 0 Å². The summed E-state index contributed by atoms with van der Waals surface area (Å²) in [6.07, 6.45) is 0. The first-order valence-electron chi connectivity index (χ1n) is 3.33. The molecule has 1 rings (SSSR count). The zero-order valence-electron chi connectivity index (χ0n) is 6.95. The van der Waals surface area contributed by atoms with Crippen LogP contribution in [0.4, 0.5) is 0 Å². The number of aryl methyl sites for hydroxylation is 1. The van der Waals surface area contributed by atoms with Crippen LogP contribution in [0.25, 0.3) is 0 Å². The quantitative estimate of drug-likeness (QED) is 0.470. The highest BCUT2D eigenvalue weighted by molar-refractivity contribution is 7.45. The SMILES string of the molecule is Cc1cccc(O)c1.O=P(O)(O)O. The van der Waals surface area contributed by atoms with Crippen LogP contribution in [0.1, 0.15) is 5.56 Å². The number of rotatable bonds is 0. The average molecular weight is 206 g/mol. The summed E-state index contributed by atoms with van der Waals surface area (Å²) in [6, 6.07) is 7.15. The van der Waals surface area contributed by atoms with Crippen LogP contribution in [0.2, 0.25) is 0 Å². The van der Waals surface area contributed by atoms with Gasteiger partial charge in [0.1, 0.15) is 5.75 Å². The van der Waals surface area contributed by atoms with Crippen molar-refractivity contribution in [2.24, 2.45) is 0 Å². The lowest BCUT2D eigenvalue weighted by Crippen LogP contribution is -1.66. The maximum atomic E-state index is 8.88. The minimum Gasteiger partial charge on any atom is -0.508 e. The number of hydrogen-bond donors (Lipinski definition) is 4. The lowest BCUT2D eigenvalue weighted by molar-refractivity contribution is 0.275. The summed E-state index contributed by atoms with van der Waals surface area (Å²) in [7, 11) is -4.64. The fourth-order valence-corrected chi connectivity index (χ4v) is 0.628. The molecule has 4 N–H and O–H groups in total. The maximum absolute atomic E-state index is 8.88. The number of hydrogen-bond acceptors (Lipinski definition) is 2. The third-order valence-corrected chi connectivity index (χ3v) is 1.00. The average Bonchev–Trinajstić information content (AvgIpc) is 1.81. The predicted molar refractivity (Wildman–Crippen MR) is 47.1 cm³/mol. The first-order valence-corrected chi connectivity index (χ1v) is 4.89. The molecule has 0 spiro atoms. The molecule has 0 heterocycles. The van der Waals surface area contributed by atoms with Gasteiger partial charge in [-0.3, -0.25) is 0 Å². The molecule has 0 saturated carbocycles. The van der Waals surface area contributed by atoms with Crippen molar-refractivity contribution >= 4 is 7.82 Å². The Morgan fingerprint density at radius 3 is 1.92 bits per heavy atom. The number of phenols is 1. The van der Waals surface area contributed by atoms with Gasteiger partial charge >= 0.3 is 7.82 Å². The van der Waals surface area contributed by atoms with Crippen LogP contribution in [-0.2, 0) is 4.57 Å². The molecule has 0 unspecified atom stereocenters. The van der Waals surface area contributed by atoms with E-state index in [1.54, 1.807) is 12.1 Å².